The molecule has 0 unspecified atom stereocenters. The van der Waals surface area contributed by atoms with Crippen LogP contribution in [-0.4, -0.2) is 36.5 Å². The van der Waals surface area contributed by atoms with E-state index in [4.69, 9.17) is 19.2 Å². The number of carbonyl (C=O) groups excluding carboxylic acids is 1. The number of nitrogens with zero attached hydrogens (tertiary/aromatic N) is 2. The number of rotatable bonds is 8. The van der Waals surface area contributed by atoms with Crippen LogP contribution in [0.5, 0.6) is 17.2 Å². The zero-order valence-corrected chi connectivity index (χ0v) is 25.8. The summed E-state index contributed by atoms with van der Waals surface area (Å²) in [4.78, 5) is 32.6. The van der Waals surface area contributed by atoms with E-state index in [2.05, 4.69) is 15.9 Å². The van der Waals surface area contributed by atoms with Gasteiger partial charge in [0.15, 0.2) is 16.3 Å². The average Bonchev–Trinajstić information content (AvgIpc) is 3.19. The quantitative estimate of drug-likeness (QED) is 0.270. The van der Waals surface area contributed by atoms with Crippen LogP contribution in [-0.2, 0) is 9.53 Å². The highest BCUT2D eigenvalue weighted by atomic mass is 127. The lowest BCUT2D eigenvalue weighted by Gasteiger charge is -2.27. The van der Waals surface area contributed by atoms with Gasteiger partial charge in [-0.2, -0.15) is 0 Å². The van der Waals surface area contributed by atoms with Gasteiger partial charge in [0.05, 0.1) is 40.2 Å². The fourth-order valence-corrected chi connectivity index (χ4v) is 6.34. The number of benzene rings is 2. The van der Waals surface area contributed by atoms with E-state index in [0.29, 0.717) is 53.2 Å². The van der Waals surface area contributed by atoms with Gasteiger partial charge in [-0.05, 0) is 77.9 Å². The Morgan fingerprint density at radius 1 is 1.21 bits per heavy atom. The van der Waals surface area contributed by atoms with E-state index in [0.717, 1.165) is 10.9 Å². The van der Waals surface area contributed by atoms with Crippen molar-refractivity contribution in [3.05, 3.63) is 80.5 Å². The first-order chi connectivity index (χ1) is 18.2. The minimum atomic E-state index is -0.795. The summed E-state index contributed by atoms with van der Waals surface area (Å²) < 4.78 is 19.7. The first kappa shape index (κ1) is 28.4. The van der Waals surface area contributed by atoms with Crippen molar-refractivity contribution in [2.24, 2.45) is 4.99 Å². The number of esters is 1. The zero-order chi connectivity index (χ0) is 27.6. The number of halogens is 2. The molecule has 11 heteroatoms. The topological polar surface area (TPSA) is 99.4 Å². The van der Waals surface area contributed by atoms with Gasteiger partial charge >= 0.3 is 5.97 Å². The number of hydrogen-bond donors (Lipinski definition) is 1. The van der Waals surface area contributed by atoms with E-state index in [9.17, 15) is 14.7 Å². The molecule has 0 radical (unpaired) electrons. The van der Waals surface area contributed by atoms with Gasteiger partial charge in [0.2, 0.25) is 0 Å². The number of ether oxygens (including phenoxy) is 3. The van der Waals surface area contributed by atoms with E-state index in [-0.39, 0.29) is 17.9 Å². The molecular weight excluding hydrogens is 687 g/mol. The molecular formula is C27H26BrIN2O6S. The molecule has 1 aliphatic rings. The van der Waals surface area contributed by atoms with Crippen LogP contribution >= 0.6 is 49.9 Å². The molecule has 2 aromatic carbocycles. The van der Waals surface area contributed by atoms with Gasteiger partial charge in [0, 0.05) is 10.0 Å². The molecule has 0 bridgehead atoms. The van der Waals surface area contributed by atoms with Crippen LogP contribution in [0.2, 0.25) is 0 Å². The fraction of sp³-hybridized carbons (Fsp3) is 0.296. The van der Waals surface area contributed by atoms with Crippen molar-refractivity contribution in [3.8, 4) is 17.2 Å². The second-order valence-electron chi connectivity index (χ2n) is 8.35. The van der Waals surface area contributed by atoms with Crippen LogP contribution in [0.4, 0.5) is 0 Å². The molecule has 38 heavy (non-hydrogen) atoms. The fourth-order valence-electron chi connectivity index (χ4n) is 4.32. The lowest BCUT2D eigenvalue weighted by molar-refractivity contribution is -0.139. The molecule has 3 aromatic rings. The number of aromatic hydroxyl groups is 1. The monoisotopic (exact) mass is 712 g/mol. The first-order valence-electron chi connectivity index (χ1n) is 11.9. The van der Waals surface area contributed by atoms with Crippen LogP contribution in [0.15, 0.2) is 55.9 Å². The summed E-state index contributed by atoms with van der Waals surface area (Å²) in [5, 5.41) is 10.2. The summed E-state index contributed by atoms with van der Waals surface area (Å²) in [7, 11) is 3.03. The predicted octanol–water partition coefficient (Wildman–Crippen LogP) is 4.67. The first-order valence-corrected chi connectivity index (χ1v) is 14.5. The Kier molecular flexibility index (Phi) is 8.99. The zero-order valence-electron chi connectivity index (χ0n) is 21.2. The van der Waals surface area contributed by atoms with Crippen molar-refractivity contribution < 1.29 is 24.1 Å². The standard InChI is InChI=1S/C27H26BrIN2O6S/c1-5-7-18-22(26(34)37-6-2)23(16-13-15(28)8-9-19(16)35-3)31-25(33)21(38-27(31)30-18)12-14-10-17(29)24(32)20(11-14)36-4/h8-13,23,32H,5-7H2,1-4H3/b21-12+/t23-/m0/s1. The van der Waals surface area contributed by atoms with E-state index >= 15 is 0 Å². The van der Waals surface area contributed by atoms with Gasteiger partial charge in [0.1, 0.15) is 11.8 Å². The maximum Gasteiger partial charge on any atom is 0.338 e. The van der Waals surface area contributed by atoms with E-state index < -0.39 is 12.0 Å². The molecule has 0 saturated carbocycles. The summed E-state index contributed by atoms with van der Waals surface area (Å²) >= 11 is 6.77. The molecule has 4 rings (SSSR count). The number of hydrogen-bond acceptors (Lipinski definition) is 8. The van der Waals surface area contributed by atoms with Crippen molar-refractivity contribution in [2.75, 3.05) is 20.8 Å². The molecule has 200 valence electrons. The third-order valence-corrected chi connectivity index (χ3v) is 8.25. The van der Waals surface area contributed by atoms with Gasteiger partial charge in [0.25, 0.3) is 5.56 Å². The molecule has 1 atom stereocenters. The smallest absolute Gasteiger partial charge is 0.338 e. The number of aromatic nitrogens is 1. The number of allylic oxidation sites excluding steroid dienone is 1. The van der Waals surface area contributed by atoms with E-state index in [1.807, 2.05) is 41.6 Å². The highest BCUT2D eigenvalue weighted by Crippen LogP contribution is 2.38. The van der Waals surface area contributed by atoms with Crippen LogP contribution in [0, 0.1) is 3.57 Å². The Hall–Kier alpha value is -2.64. The molecule has 1 aromatic heterocycles. The van der Waals surface area contributed by atoms with Gasteiger partial charge in [-0.3, -0.25) is 9.36 Å². The van der Waals surface area contributed by atoms with Crippen LogP contribution < -0.4 is 24.4 Å². The van der Waals surface area contributed by atoms with Crippen molar-refractivity contribution >= 4 is 61.9 Å². The Balaban J connectivity index is 2.05. The molecule has 0 amide bonds. The van der Waals surface area contributed by atoms with E-state index in [1.54, 1.807) is 38.3 Å². The van der Waals surface area contributed by atoms with Crippen LogP contribution in [0.3, 0.4) is 0 Å². The van der Waals surface area contributed by atoms with Crippen molar-refractivity contribution in [3.63, 3.8) is 0 Å². The molecule has 0 aliphatic carbocycles. The van der Waals surface area contributed by atoms with Crippen molar-refractivity contribution in [1.82, 2.24) is 4.57 Å². The third kappa shape index (κ3) is 5.41. The number of phenols is 1. The maximum atomic E-state index is 14.0. The SMILES string of the molecule is CCCC1=C(C(=O)OCC)[C@H](c2cc(Br)ccc2OC)n2c(s/c(=C/c3cc(I)c(O)c(OC)c3)c2=O)=N1. The minimum Gasteiger partial charge on any atom is -0.504 e. The van der Waals surface area contributed by atoms with Crippen molar-refractivity contribution in [1.29, 1.82) is 0 Å². The van der Waals surface area contributed by atoms with Crippen LogP contribution in [0.1, 0.15) is 43.9 Å². The minimum absolute atomic E-state index is 0.0387. The summed E-state index contributed by atoms with van der Waals surface area (Å²) in [6.07, 6.45) is 3.03. The second kappa shape index (κ2) is 12.0. The van der Waals surface area contributed by atoms with Gasteiger partial charge in [-0.1, -0.05) is 40.6 Å². The molecule has 1 N–H and O–H groups in total. The molecule has 0 saturated heterocycles. The largest absolute Gasteiger partial charge is 0.504 e. The second-order valence-corrected chi connectivity index (χ2v) is 11.4. The Labute approximate surface area is 245 Å². The average molecular weight is 713 g/mol. The lowest BCUT2D eigenvalue weighted by atomic mass is 9.93. The predicted molar refractivity (Wildman–Crippen MR) is 158 cm³/mol. The van der Waals surface area contributed by atoms with Gasteiger partial charge in [-0.15, -0.1) is 0 Å². The lowest BCUT2D eigenvalue weighted by Crippen LogP contribution is -2.40. The maximum absolute atomic E-state index is 14.0. The molecule has 2 heterocycles. The highest BCUT2D eigenvalue weighted by molar-refractivity contribution is 14.1. The summed E-state index contributed by atoms with van der Waals surface area (Å²) in [6, 6.07) is 8.11. The number of methoxy groups -OCH3 is 2. The van der Waals surface area contributed by atoms with Gasteiger partial charge < -0.3 is 19.3 Å². The molecule has 8 nitrogen and oxygen atoms in total. The van der Waals surface area contributed by atoms with Gasteiger partial charge in [-0.25, -0.2) is 9.79 Å². The Morgan fingerprint density at radius 2 is 1.95 bits per heavy atom. The van der Waals surface area contributed by atoms with E-state index in [1.165, 1.54) is 23.0 Å². The van der Waals surface area contributed by atoms with Crippen LogP contribution in [0.25, 0.3) is 6.08 Å². The normalized spacial score (nSPS) is 15.2. The number of fused-ring (bicyclic) bond motifs is 1. The Morgan fingerprint density at radius 3 is 2.61 bits per heavy atom. The summed E-state index contributed by atoms with van der Waals surface area (Å²) in [5.41, 5.74) is 1.93. The third-order valence-electron chi connectivity index (χ3n) is 5.95. The summed E-state index contributed by atoms with van der Waals surface area (Å²) in [6.45, 7) is 3.94. The highest BCUT2D eigenvalue weighted by Gasteiger charge is 2.36. The number of carbonyl (C=O) groups is 1. The summed E-state index contributed by atoms with van der Waals surface area (Å²) in [5.74, 6) is 0.364. The Bertz CT molecular complexity index is 1610. The molecule has 0 fully saturated rings. The molecule has 0 spiro atoms. The number of phenolic OH excluding ortho intramolecular Hbond substituents is 1. The molecule has 1 aliphatic heterocycles. The number of thiazole rings is 1. The van der Waals surface area contributed by atoms with Crippen molar-refractivity contribution in [2.45, 2.75) is 32.7 Å².